The average Bonchev–Trinajstić information content (AvgIpc) is 2.54. The Kier molecular flexibility index (Phi) is 4.54. The van der Waals surface area contributed by atoms with Crippen LogP contribution in [0.15, 0.2) is 42.5 Å². The van der Waals surface area contributed by atoms with E-state index in [0.717, 1.165) is 31.8 Å². The monoisotopic (exact) mass is 284 g/mol. The Morgan fingerprint density at radius 1 is 1.24 bits per heavy atom. The number of rotatable bonds is 4. The Bertz CT molecular complexity index is 597. The van der Waals surface area contributed by atoms with Gasteiger partial charge in [0.2, 0.25) is 0 Å². The maximum Gasteiger partial charge on any atom is 0.0894 e. The van der Waals surface area contributed by atoms with Gasteiger partial charge in [-0.2, -0.15) is 0 Å². The first-order chi connectivity index (χ1) is 10.3. The summed E-state index contributed by atoms with van der Waals surface area (Å²) in [6, 6.07) is 14.8. The van der Waals surface area contributed by atoms with Crippen LogP contribution in [-0.2, 0) is 4.74 Å². The molecule has 1 heterocycles. The van der Waals surface area contributed by atoms with Crippen LogP contribution < -0.4 is 5.73 Å². The van der Waals surface area contributed by atoms with Crippen LogP contribution in [0.25, 0.3) is 10.8 Å². The van der Waals surface area contributed by atoms with Crippen LogP contribution in [0, 0.1) is 0 Å². The second-order valence-electron chi connectivity index (χ2n) is 5.84. The van der Waals surface area contributed by atoms with E-state index in [0.29, 0.717) is 0 Å². The van der Waals surface area contributed by atoms with Crippen molar-refractivity contribution in [3.63, 3.8) is 0 Å². The topological polar surface area (TPSA) is 38.5 Å². The number of nitrogens with zero attached hydrogens (tertiary/aromatic N) is 1. The van der Waals surface area contributed by atoms with E-state index in [9.17, 15) is 0 Å². The van der Waals surface area contributed by atoms with Crippen molar-refractivity contribution >= 4 is 10.8 Å². The quantitative estimate of drug-likeness (QED) is 0.938. The molecule has 3 rings (SSSR count). The molecule has 2 aromatic rings. The van der Waals surface area contributed by atoms with Crippen LogP contribution >= 0.6 is 0 Å². The summed E-state index contributed by atoms with van der Waals surface area (Å²) in [7, 11) is 0. The van der Waals surface area contributed by atoms with Gasteiger partial charge >= 0.3 is 0 Å². The zero-order valence-electron chi connectivity index (χ0n) is 12.7. The summed E-state index contributed by atoms with van der Waals surface area (Å²) < 4.78 is 5.92. The highest BCUT2D eigenvalue weighted by Crippen LogP contribution is 2.24. The molecule has 0 amide bonds. The molecule has 3 nitrogen and oxygen atoms in total. The summed E-state index contributed by atoms with van der Waals surface area (Å²) >= 11 is 0. The minimum atomic E-state index is -0.0609. The van der Waals surface area contributed by atoms with Crippen LogP contribution in [0.2, 0.25) is 0 Å². The lowest BCUT2D eigenvalue weighted by Crippen LogP contribution is -2.47. The molecule has 0 saturated carbocycles. The van der Waals surface area contributed by atoms with Crippen molar-refractivity contribution in [3.8, 4) is 0 Å². The van der Waals surface area contributed by atoms with E-state index in [4.69, 9.17) is 10.5 Å². The predicted molar refractivity (Wildman–Crippen MR) is 87.3 cm³/mol. The highest BCUT2D eigenvalue weighted by molar-refractivity contribution is 5.83. The molecule has 0 bridgehead atoms. The Balaban J connectivity index is 1.77. The third-order valence-corrected chi connectivity index (χ3v) is 4.28. The molecule has 0 radical (unpaired) electrons. The minimum absolute atomic E-state index is 0.0609. The van der Waals surface area contributed by atoms with E-state index in [-0.39, 0.29) is 12.1 Å². The van der Waals surface area contributed by atoms with E-state index in [1.54, 1.807) is 0 Å². The predicted octanol–water partition coefficient (Wildman–Crippen LogP) is 2.95. The van der Waals surface area contributed by atoms with Crippen LogP contribution in [-0.4, -0.2) is 37.2 Å². The van der Waals surface area contributed by atoms with Gasteiger partial charge in [-0.15, -0.1) is 0 Å². The molecule has 1 aliphatic heterocycles. The molecular formula is C18H24N2O. The van der Waals surface area contributed by atoms with E-state index in [1.165, 1.54) is 17.2 Å². The fourth-order valence-electron chi connectivity index (χ4n) is 3.10. The van der Waals surface area contributed by atoms with Gasteiger partial charge in [-0.3, -0.25) is 4.90 Å². The molecule has 1 saturated heterocycles. The van der Waals surface area contributed by atoms with Gasteiger partial charge in [-0.1, -0.05) is 43.3 Å². The first-order valence-corrected chi connectivity index (χ1v) is 7.86. The van der Waals surface area contributed by atoms with Gasteiger partial charge in [-0.25, -0.2) is 0 Å². The Labute approximate surface area is 126 Å². The van der Waals surface area contributed by atoms with Gasteiger partial charge in [0.15, 0.2) is 0 Å². The summed E-state index contributed by atoms with van der Waals surface area (Å²) in [4.78, 5) is 2.45. The van der Waals surface area contributed by atoms with Crippen molar-refractivity contribution in [2.24, 2.45) is 5.73 Å². The second-order valence-corrected chi connectivity index (χ2v) is 5.84. The molecule has 2 aromatic carbocycles. The summed E-state index contributed by atoms with van der Waals surface area (Å²) in [5.41, 5.74) is 7.63. The van der Waals surface area contributed by atoms with Crippen molar-refractivity contribution in [1.29, 1.82) is 0 Å². The number of ether oxygens (including phenoxy) is 1. The second kappa shape index (κ2) is 6.56. The lowest BCUT2D eigenvalue weighted by atomic mass is 9.98. The molecule has 2 unspecified atom stereocenters. The van der Waals surface area contributed by atoms with Gasteiger partial charge in [0.25, 0.3) is 0 Å². The minimum Gasteiger partial charge on any atom is -0.374 e. The third-order valence-electron chi connectivity index (χ3n) is 4.28. The fourth-order valence-corrected chi connectivity index (χ4v) is 3.10. The van der Waals surface area contributed by atoms with Crippen molar-refractivity contribution in [1.82, 2.24) is 4.90 Å². The molecule has 0 aromatic heterocycles. The highest BCUT2D eigenvalue weighted by atomic mass is 16.5. The number of fused-ring (bicyclic) bond motifs is 1. The van der Waals surface area contributed by atoms with Gasteiger partial charge in [0.1, 0.15) is 0 Å². The largest absolute Gasteiger partial charge is 0.374 e. The van der Waals surface area contributed by atoms with Crippen LogP contribution in [0.3, 0.4) is 0 Å². The van der Waals surface area contributed by atoms with Crippen molar-refractivity contribution in [2.75, 3.05) is 26.2 Å². The van der Waals surface area contributed by atoms with E-state index >= 15 is 0 Å². The normalized spacial score (nSPS) is 21.5. The molecule has 1 fully saturated rings. The summed E-state index contributed by atoms with van der Waals surface area (Å²) in [5, 5.41) is 2.50. The maximum absolute atomic E-state index is 6.47. The van der Waals surface area contributed by atoms with Crippen molar-refractivity contribution < 1.29 is 4.74 Å². The van der Waals surface area contributed by atoms with Gasteiger partial charge in [-0.05, 0) is 35.4 Å². The van der Waals surface area contributed by atoms with Crippen molar-refractivity contribution in [2.45, 2.75) is 25.5 Å². The average molecular weight is 284 g/mol. The third kappa shape index (κ3) is 3.26. The highest BCUT2D eigenvalue weighted by Gasteiger charge is 2.26. The van der Waals surface area contributed by atoms with Crippen LogP contribution in [0.1, 0.15) is 24.9 Å². The molecule has 2 N–H and O–H groups in total. The molecule has 0 aliphatic carbocycles. The Morgan fingerprint density at radius 3 is 2.86 bits per heavy atom. The molecule has 2 atom stereocenters. The molecule has 21 heavy (non-hydrogen) atoms. The lowest BCUT2D eigenvalue weighted by Gasteiger charge is -2.35. The van der Waals surface area contributed by atoms with E-state index < -0.39 is 0 Å². The zero-order valence-corrected chi connectivity index (χ0v) is 12.7. The summed E-state index contributed by atoms with van der Waals surface area (Å²) in [5.74, 6) is 0. The molecule has 0 spiro atoms. The van der Waals surface area contributed by atoms with Gasteiger partial charge in [0.05, 0.1) is 18.8 Å². The molecule has 1 aliphatic rings. The molecule has 112 valence electrons. The standard InChI is InChI=1S/C18H24N2O/c1-2-9-20-10-11-21-17(13-20)18(19)16-8-7-14-5-3-4-6-15(14)12-16/h3-8,12,17-18H,2,9-11,13,19H2,1H3. The first-order valence-electron chi connectivity index (χ1n) is 7.86. The summed E-state index contributed by atoms with van der Waals surface area (Å²) in [6.45, 7) is 6.08. The van der Waals surface area contributed by atoms with E-state index in [1.807, 2.05) is 0 Å². The van der Waals surface area contributed by atoms with E-state index in [2.05, 4.69) is 54.3 Å². The van der Waals surface area contributed by atoms with Crippen molar-refractivity contribution in [3.05, 3.63) is 48.0 Å². The number of hydrogen-bond donors (Lipinski definition) is 1. The molecular weight excluding hydrogens is 260 g/mol. The smallest absolute Gasteiger partial charge is 0.0894 e. The van der Waals surface area contributed by atoms with Gasteiger partial charge in [0, 0.05) is 13.1 Å². The number of nitrogens with two attached hydrogens (primary N) is 1. The first kappa shape index (κ1) is 14.5. The molecule has 3 heteroatoms. The Hall–Kier alpha value is -1.42. The van der Waals surface area contributed by atoms with Crippen LogP contribution in [0.4, 0.5) is 0 Å². The fraction of sp³-hybridized carbons (Fsp3) is 0.444. The van der Waals surface area contributed by atoms with Crippen LogP contribution in [0.5, 0.6) is 0 Å². The maximum atomic E-state index is 6.47. The zero-order chi connectivity index (χ0) is 14.7. The number of morpholine rings is 1. The van der Waals surface area contributed by atoms with Gasteiger partial charge < -0.3 is 10.5 Å². The SMILES string of the molecule is CCCN1CCOC(C(N)c2ccc3ccccc3c2)C1. The number of hydrogen-bond acceptors (Lipinski definition) is 3. The summed E-state index contributed by atoms with van der Waals surface area (Å²) in [6.07, 6.45) is 1.27. The number of benzene rings is 2. The lowest BCUT2D eigenvalue weighted by molar-refractivity contribution is -0.0407. The Morgan fingerprint density at radius 2 is 2.05 bits per heavy atom.